The number of hydrogen-bond donors (Lipinski definition) is 1. The van der Waals surface area contributed by atoms with Crippen LogP contribution in [-0.4, -0.2) is 52.5 Å². The summed E-state index contributed by atoms with van der Waals surface area (Å²) in [5, 5.41) is 10.2. The highest BCUT2D eigenvalue weighted by molar-refractivity contribution is 5.94. The van der Waals surface area contributed by atoms with Gasteiger partial charge in [0.25, 0.3) is 0 Å². The van der Waals surface area contributed by atoms with Gasteiger partial charge in [-0.25, -0.2) is 0 Å². The van der Waals surface area contributed by atoms with Gasteiger partial charge in [-0.3, -0.25) is 4.79 Å². The first kappa shape index (κ1) is 23.8. The highest BCUT2D eigenvalue weighted by atomic mass is 16.5. The average Bonchev–Trinajstić information content (AvgIpc) is 2.80. The quantitative estimate of drug-likeness (QED) is 0.546. The Morgan fingerprint density at radius 2 is 1.39 bits per heavy atom. The Morgan fingerprint density at radius 3 is 2.00 bits per heavy atom. The van der Waals surface area contributed by atoms with Gasteiger partial charge in [-0.15, -0.1) is 0 Å². The van der Waals surface area contributed by atoms with E-state index in [0.717, 1.165) is 5.56 Å². The van der Waals surface area contributed by atoms with Gasteiger partial charge in [0.1, 0.15) is 5.75 Å². The maximum Gasteiger partial charge on any atom is 0.164 e. The molecular weight excluding hydrogens is 400 g/mol. The molecule has 0 bridgehead atoms. The highest BCUT2D eigenvalue weighted by Gasteiger charge is 2.11. The lowest BCUT2D eigenvalue weighted by Gasteiger charge is -2.12. The molecule has 0 aliphatic heterocycles. The van der Waals surface area contributed by atoms with E-state index >= 15 is 0 Å². The third-order valence-corrected chi connectivity index (χ3v) is 4.51. The minimum atomic E-state index is -0.958. The van der Waals surface area contributed by atoms with E-state index in [1.807, 2.05) is 6.07 Å². The standard InChI is InChI=1S/C24H28O7/c1-27-20-11-7-16(12-22(20)29-3)6-9-18(25)14-19(26)10-8-17-13-23(30-4)24(31-5)15-21(17)28-2/h6-13,15,19,26H,14H2,1-5H3. The average molecular weight is 428 g/mol. The molecule has 0 radical (unpaired) electrons. The van der Waals surface area contributed by atoms with Crippen LogP contribution in [0.3, 0.4) is 0 Å². The van der Waals surface area contributed by atoms with E-state index in [4.69, 9.17) is 23.7 Å². The maximum atomic E-state index is 12.2. The molecule has 0 aliphatic carbocycles. The van der Waals surface area contributed by atoms with Crippen molar-refractivity contribution in [2.24, 2.45) is 0 Å². The van der Waals surface area contributed by atoms with Crippen molar-refractivity contribution in [2.75, 3.05) is 35.5 Å². The molecule has 0 saturated heterocycles. The fraction of sp³-hybridized carbons (Fsp3) is 0.292. The molecule has 7 heteroatoms. The summed E-state index contributed by atoms with van der Waals surface area (Å²) in [6, 6.07) is 8.77. The molecule has 0 heterocycles. The van der Waals surface area contributed by atoms with Gasteiger partial charge in [0.15, 0.2) is 28.8 Å². The molecule has 1 N–H and O–H groups in total. The number of carbonyl (C=O) groups excluding carboxylic acids is 1. The summed E-state index contributed by atoms with van der Waals surface area (Å²) in [6.45, 7) is 0. The second kappa shape index (κ2) is 11.7. The van der Waals surface area contributed by atoms with Crippen molar-refractivity contribution in [3.63, 3.8) is 0 Å². The van der Waals surface area contributed by atoms with E-state index < -0.39 is 6.10 Å². The molecule has 166 valence electrons. The van der Waals surface area contributed by atoms with E-state index in [2.05, 4.69) is 0 Å². The van der Waals surface area contributed by atoms with Crippen LogP contribution in [0.4, 0.5) is 0 Å². The number of carbonyl (C=O) groups is 1. The Morgan fingerprint density at radius 1 is 0.806 bits per heavy atom. The number of aliphatic hydroxyl groups is 1. The molecule has 7 nitrogen and oxygen atoms in total. The van der Waals surface area contributed by atoms with Crippen molar-refractivity contribution >= 4 is 17.9 Å². The Bertz CT molecular complexity index is 947. The lowest BCUT2D eigenvalue weighted by atomic mass is 10.1. The Balaban J connectivity index is 2.05. The number of ketones is 1. The zero-order valence-corrected chi connectivity index (χ0v) is 18.4. The Hall–Kier alpha value is -3.45. The number of hydrogen-bond acceptors (Lipinski definition) is 7. The van der Waals surface area contributed by atoms with Crippen LogP contribution in [0.5, 0.6) is 28.7 Å². The van der Waals surface area contributed by atoms with E-state index in [0.29, 0.717) is 34.3 Å². The number of methoxy groups -OCH3 is 5. The molecule has 2 aromatic rings. The van der Waals surface area contributed by atoms with Crippen molar-refractivity contribution in [1.29, 1.82) is 0 Å². The van der Waals surface area contributed by atoms with Gasteiger partial charge in [-0.05, 0) is 29.8 Å². The fourth-order valence-corrected chi connectivity index (χ4v) is 2.89. The molecule has 0 aliphatic rings. The smallest absolute Gasteiger partial charge is 0.164 e. The molecule has 0 fully saturated rings. The van der Waals surface area contributed by atoms with Gasteiger partial charge in [0, 0.05) is 18.1 Å². The number of ether oxygens (including phenoxy) is 5. The zero-order chi connectivity index (χ0) is 22.8. The van der Waals surface area contributed by atoms with Crippen LogP contribution in [-0.2, 0) is 4.79 Å². The summed E-state index contributed by atoms with van der Waals surface area (Å²) in [6.07, 6.45) is 5.28. The first-order valence-electron chi connectivity index (χ1n) is 9.54. The summed E-state index contributed by atoms with van der Waals surface area (Å²) in [5.41, 5.74) is 1.47. The van der Waals surface area contributed by atoms with E-state index in [9.17, 15) is 9.90 Å². The van der Waals surface area contributed by atoms with Crippen LogP contribution < -0.4 is 23.7 Å². The first-order chi connectivity index (χ1) is 14.9. The van der Waals surface area contributed by atoms with Crippen molar-refractivity contribution in [2.45, 2.75) is 12.5 Å². The molecule has 1 atom stereocenters. The molecule has 1 unspecified atom stereocenters. The van der Waals surface area contributed by atoms with Gasteiger partial charge in [-0.1, -0.05) is 24.3 Å². The van der Waals surface area contributed by atoms with Crippen molar-refractivity contribution in [3.05, 3.63) is 53.6 Å². The van der Waals surface area contributed by atoms with Gasteiger partial charge in [0.05, 0.1) is 41.7 Å². The molecule has 0 amide bonds. The van der Waals surface area contributed by atoms with Gasteiger partial charge in [-0.2, -0.15) is 0 Å². The first-order valence-corrected chi connectivity index (χ1v) is 9.54. The number of aliphatic hydroxyl groups excluding tert-OH is 1. The van der Waals surface area contributed by atoms with Crippen molar-refractivity contribution < 1.29 is 33.6 Å². The van der Waals surface area contributed by atoms with Gasteiger partial charge >= 0.3 is 0 Å². The van der Waals surface area contributed by atoms with Crippen LogP contribution in [0.1, 0.15) is 17.5 Å². The summed E-state index contributed by atoms with van der Waals surface area (Å²) < 4.78 is 26.4. The van der Waals surface area contributed by atoms with E-state index in [1.54, 1.807) is 50.6 Å². The van der Waals surface area contributed by atoms with Crippen molar-refractivity contribution in [3.8, 4) is 28.7 Å². The normalized spacial score (nSPS) is 12.1. The van der Waals surface area contributed by atoms with Crippen LogP contribution in [0, 0.1) is 0 Å². The van der Waals surface area contributed by atoms with Crippen molar-refractivity contribution in [1.82, 2.24) is 0 Å². The second-order valence-electron chi connectivity index (χ2n) is 6.49. The van der Waals surface area contributed by atoms with E-state index in [-0.39, 0.29) is 12.2 Å². The summed E-state index contributed by atoms with van der Waals surface area (Å²) in [7, 11) is 7.72. The number of rotatable bonds is 11. The monoisotopic (exact) mass is 428 g/mol. The molecule has 2 rings (SSSR count). The summed E-state index contributed by atoms with van der Waals surface area (Å²) in [5.74, 6) is 2.59. The predicted molar refractivity (Wildman–Crippen MR) is 119 cm³/mol. The van der Waals surface area contributed by atoms with E-state index in [1.165, 1.54) is 33.5 Å². The second-order valence-corrected chi connectivity index (χ2v) is 6.49. The topological polar surface area (TPSA) is 83.5 Å². The summed E-state index contributed by atoms with van der Waals surface area (Å²) in [4.78, 5) is 12.2. The van der Waals surface area contributed by atoms with Crippen LogP contribution in [0.2, 0.25) is 0 Å². The third kappa shape index (κ3) is 6.52. The number of benzene rings is 2. The predicted octanol–water partition coefficient (Wildman–Crippen LogP) is 3.78. The zero-order valence-electron chi connectivity index (χ0n) is 18.4. The number of allylic oxidation sites excluding steroid dienone is 1. The molecule has 0 saturated carbocycles. The molecule has 0 aromatic heterocycles. The molecule has 31 heavy (non-hydrogen) atoms. The molecular formula is C24H28O7. The fourth-order valence-electron chi connectivity index (χ4n) is 2.89. The van der Waals surface area contributed by atoms with Crippen LogP contribution in [0.25, 0.3) is 12.2 Å². The lowest BCUT2D eigenvalue weighted by Crippen LogP contribution is -2.08. The largest absolute Gasteiger partial charge is 0.496 e. The minimum Gasteiger partial charge on any atom is -0.496 e. The maximum absolute atomic E-state index is 12.2. The minimum absolute atomic E-state index is 0.0596. The molecule has 0 spiro atoms. The summed E-state index contributed by atoms with van der Waals surface area (Å²) >= 11 is 0. The Labute approximate surface area is 182 Å². The van der Waals surface area contributed by atoms with Crippen LogP contribution in [0.15, 0.2) is 42.5 Å². The molecule has 2 aromatic carbocycles. The van der Waals surface area contributed by atoms with Gasteiger partial charge in [0.2, 0.25) is 0 Å². The Kier molecular flexibility index (Phi) is 8.96. The van der Waals surface area contributed by atoms with Gasteiger partial charge < -0.3 is 28.8 Å². The lowest BCUT2D eigenvalue weighted by molar-refractivity contribution is -0.115. The SMILES string of the molecule is COc1cc(OC)c(OC)cc1C=CC(O)CC(=O)C=Cc1ccc(OC)c(OC)c1. The van der Waals surface area contributed by atoms with Crippen LogP contribution >= 0.6 is 0 Å². The highest BCUT2D eigenvalue weighted by Crippen LogP contribution is 2.35. The third-order valence-electron chi connectivity index (χ3n) is 4.51.